The number of nitrogens with zero attached hydrogens (tertiary/aromatic N) is 3. The van der Waals surface area contributed by atoms with E-state index in [2.05, 4.69) is 15.1 Å². The third-order valence-corrected chi connectivity index (χ3v) is 5.80. The molecule has 2 saturated heterocycles. The fourth-order valence-corrected chi connectivity index (χ4v) is 3.86. The largest absolute Gasteiger partial charge is 0.342 e. The predicted octanol–water partition coefficient (Wildman–Crippen LogP) is 1.95. The first-order chi connectivity index (χ1) is 13.0. The van der Waals surface area contributed by atoms with E-state index in [-0.39, 0.29) is 17.9 Å². The molecule has 0 aromatic heterocycles. The molecule has 0 unspecified atom stereocenters. The van der Waals surface area contributed by atoms with E-state index in [4.69, 9.17) is 0 Å². The summed E-state index contributed by atoms with van der Waals surface area (Å²) in [6.07, 6.45) is 3.50. The van der Waals surface area contributed by atoms with Crippen LogP contribution in [0.2, 0.25) is 0 Å². The Kier molecular flexibility index (Phi) is 6.85. The summed E-state index contributed by atoms with van der Waals surface area (Å²) in [6.45, 7) is 9.59. The summed E-state index contributed by atoms with van der Waals surface area (Å²) in [5, 5.41) is 3.04. The number of likely N-dealkylation sites (tertiary alicyclic amines) is 1. The van der Waals surface area contributed by atoms with Gasteiger partial charge in [-0.15, -0.1) is 0 Å². The van der Waals surface area contributed by atoms with Gasteiger partial charge in [-0.3, -0.25) is 19.4 Å². The van der Waals surface area contributed by atoms with Crippen molar-refractivity contribution in [2.24, 2.45) is 0 Å². The van der Waals surface area contributed by atoms with E-state index in [0.717, 1.165) is 63.4 Å². The summed E-state index contributed by atoms with van der Waals surface area (Å²) in [6, 6.07) is 7.66. The van der Waals surface area contributed by atoms with E-state index in [1.54, 1.807) is 0 Å². The van der Waals surface area contributed by atoms with Crippen molar-refractivity contribution in [2.75, 3.05) is 51.1 Å². The Morgan fingerprint density at radius 3 is 2.33 bits per heavy atom. The molecule has 27 heavy (non-hydrogen) atoms. The minimum absolute atomic E-state index is 0.0298. The SMILES string of the molecule is Cc1ccccc1NC(=O)[C@H](C)N1CCN(CC(=O)N2CCCCC2)CC1. The van der Waals surface area contributed by atoms with E-state index in [9.17, 15) is 9.59 Å². The molecule has 0 bridgehead atoms. The summed E-state index contributed by atoms with van der Waals surface area (Å²) < 4.78 is 0. The highest BCUT2D eigenvalue weighted by Crippen LogP contribution is 2.15. The number of aryl methyl sites for hydroxylation is 1. The molecule has 2 aliphatic rings. The second kappa shape index (κ2) is 9.33. The van der Waals surface area contributed by atoms with Crippen LogP contribution in [0, 0.1) is 6.92 Å². The quantitative estimate of drug-likeness (QED) is 0.858. The average molecular weight is 373 g/mol. The van der Waals surface area contributed by atoms with Crippen LogP contribution in [0.5, 0.6) is 0 Å². The topological polar surface area (TPSA) is 55.9 Å². The van der Waals surface area contributed by atoms with Crippen LogP contribution in [0.1, 0.15) is 31.7 Å². The number of benzene rings is 1. The van der Waals surface area contributed by atoms with Crippen LogP contribution in [-0.4, -0.2) is 78.4 Å². The molecule has 148 valence electrons. The number of nitrogens with one attached hydrogen (secondary N) is 1. The number of carbonyl (C=O) groups excluding carboxylic acids is 2. The van der Waals surface area contributed by atoms with Crippen molar-refractivity contribution in [2.45, 2.75) is 39.2 Å². The molecule has 0 aliphatic carbocycles. The van der Waals surface area contributed by atoms with Gasteiger partial charge in [-0.1, -0.05) is 18.2 Å². The van der Waals surface area contributed by atoms with Gasteiger partial charge in [0.15, 0.2) is 0 Å². The molecule has 1 atom stereocenters. The lowest BCUT2D eigenvalue weighted by Gasteiger charge is -2.38. The molecule has 0 spiro atoms. The molecule has 2 amide bonds. The van der Waals surface area contributed by atoms with Gasteiger partial charge in [0.25, 0.3) is 0 Å². The van der Waals surface area contributed by atoms with Gasteiger partial charge in [-0.25, -0.2) is 0 Å². The van der Waals surface area contributed by atoms with Gasteiger partial charge in [0, 0.05) is 45.0 Å². The van der Waals surface area contributed by atoms with Crippen molar-refractivity contribution in [3.8, 4) is 0 Å². The number of hydrogen-bond acceptors (Lipinski definition) is 4. The van der Waals surface area contributed by atoms with Crippen molar-refractivity contribution in [1.29, 1.82) is 0 Å². The monoisotopic (exact) mass is 372 g/mol. The Bertz CT molecular complexity index is 649. The van der Waals surface area contributed by atoms with Gasteiger partial charge in [0.05, 0.1) is 12.6 Å². The highest BCUT2D eigenvalue weighted by Gasteiger charge is 2.27. The first kappa shape index (κ1) is 19.8. The first-order valence-electron chi connectivity index (χ1n) is 10.2. The molecular weight excluding hydrogens is 340 g/mol. The molecule has 0 saturated carbocycles. The number of para-hydroxylation sites is 1. The zero-order valence-electron chi connectivity index (χ0n) is 16.6. The van der Waals surface area contributed by atoms with Crippen molar-refractivity contribution in [3.05, 3.63) is 29.8 Å². The zero-order chi connectivity index (χ0) is 19.2. The lowest BCUT2D eigenvalue weighted by molar-refractivity contribution is -0.134. The van der Waals surface area contributed by atoms with E-state index < -0.39 is 0 Å². The fourth-order valence-electron chi connectivity index (χ4n) is 3.86. The second-order valence-electron chi connectivity index (χ2n) is 7.73. The zero-order valence-corrected chi connectivity index (χ0v) is 16.6. The molecule has 6 heteroatoms. The van der Waals surface area contributed by atoms with Gasteiger partial charge < -0.3 is 10.2 Å². The third kappa shape index (κ3) is 5.30. The van der Waals surface area contributed by atoms with Crippen LogP contribution >= 0.6 is 0 Å². The Labute approximate surface area is 162 Å². The van der Waals surface area contributed by atoms with Gasteiger partial charge in [-0.05, 0) is 44.7 Å². The lowest BCUT2D eigenvalue weighted by Crippen LogP contribution is -2.54. The van der Waals surface area contributed by atoms with Gasteiger partial charge in [0.1, 0.15) is 0 Å². The Balaban J connectivity index is 1.44. The van der Waals surface area contributed by atoms with Crippen molar-refractivity contribution in [1.82, 2.24) is 14.7 Å². The molecule has 6 nitrogen and oxygen atoms in total. The molecule has 1 N–H and O–H groups in total. The average Bonchev–Trinajstić information content (AvgIpc) is 2.70. The van der Waals surface area contributed by atoms with E-state index >= 15 is 0 Å². The Morgan fingerprint density at radius 1 is 1.00 bits per heavy atom. The Hall–Kier alpha value is -1.92. The van der Waals surface area contributed by atoms with Crippen LogP contribution < -0.4 is 5.32 Å². The fraction of sp³-hybridized carbons (Fsp3) is 0.619. The number of piperazine rings is 1. The van der Waals surface area contributed by atoms with Gasteiger partial charge in [0.2, 0.25) is 11.8 Å². The highest BCUT2D eigenvalue weighted by molar-refractivity contribution is 5.95. The van der Waals surface area contributed by atoms with E-state index in [0.29, 0.717) is 6.54 Å². The normalized spacial score (nSPS) is 20.3. The summed E-state index contributed by atoms with van der Waals surface area (Å²) in [7, 11) is 0. The van der Waals surface area contributed by atoms with Crippen molar-refractivity contribution in [3.63, 3.8) is 0 Å². The smallest absolute Gasteiger partial charge is 0.241 e. The second-order valence-corrected chi connectivity index (χ2v) is 7.73. The summed E-state index contributed by atoms with van der Waals surface area (Å²) in [5.41, 5.74) is 1.94. The molecule has 2 fully saturated rings. The van der Waals surface area contributed by atoms with Crippen molar-refractivity contribution >= 4 is 17.5 Å². The maximum atomic E-state index is 12.6. The van der Waals surface area contributed by atoms with Crippen LogP contribution in [0.4, 0.5) is 5.69 Å². The summed E-state index contributed by atoms with van der Waals surface area (Å²) >= 11 is 0. The number of anilines is 1. The molecule has 0 radical (unpaired) electrons. The molecule has 3 rings (SSSR count). The lowest BCUT2D eigenvalue weighted by atomic mass is 10.1. The standard InChI is InChI=1S/C21H32N4O2/c1-17-8-4-5-9-19(17)22-21(27)18(2)24-14-12-23(13-15-24)16-20(26)25-10-6-3-7-11-25/h4-5,8-9,18H,3,6-7,10-16H2,1-2H3,(H,22,27)/t18-/m0/s1. The van der Waals surface area contributed by atoms with E-state index in [1.807, 2.05) is 43.0 Å². The number of piperidine rings is 1. The maximum Gasteiger partial charge on any atom is 0.241 e. The number of rotatable bonds is 5. The van der Waals surface area contributed by atoms with Crippen LogP contribution in [0.3, 0.4) is 0 Å². The highest BCUT2D eigenvalue weighted by atomic mass is 16.2. The number of carbonyl (C=O) groups is 2. The molecule has 1 aromatic carbocycles. The van der Waals surface area contributed by atoms with Crippen LogP contribution in [0.25, 0.3) is 0 Å². The Morgan fingerprint density at radius 2 is 1.67 bits per heavy atom. The number of amides is 2. The van der Waals surface area contributed by atoms with E-state index in [1.165, 1.54) is 6.42 Å². The first-order valence-corrected chi connectivity index (χ1v) is 10.2. The molecular formula is C21H32N4O2. The predicted molar refractivity (Wildman–Crippen MR) is 108 cm³/mol. The van der Waals surface area contributed by atoms with Crippen LogP contribution in [0.15, 0.2) is 24.3 Å². The summed E-state index contributed by atoms with van der Waals surface area (Å²) in [4.78, 5) is 31.5. The maximum absolute atomic E-state index is 12.6. The minimum Gasteiger partial charge on any atom is -0.342 e. The van der Waals surface area contributed by atoms with Crippen LogP contribution in [-0.2, 0) is 9.59 Å². The van der Waals surface area contributed by atoms with Crippen molar-refractivity contribution < 1.29 is 9.59 Å². The molecule has 2 heterocycles. The molecule has 1 aromatic rings. The number of hydrogen-bond donors (Lipinski definition) is 1. The van der Waals surface area contributed by atoms with Gasteiger partial charge in [-0.2, -0.15) is 0 Å². The minimum atomic E-state index is -0.176. The third-order valence-electron chi connectivity index (χ3n) is 5.80. The summed E-state index contributed by atoms with van der Waals surface area (Å²) in [5.74, 6) is 0.288. The molecule has 2 aliphatic heterocycles. The van der Waals surface area contributed by atoms with Gasteiger partial charge >= 0.3 is 0 Å².